The van der Waals surface area contributed by atoms with Crippen LogP contribution in [-0.2, 0) is 11.2 Å². The molecular formula is C10H13FN2O. The lowest BCUT2D eigenvalue weighted by molar-refractivity contribution is -0.124. The number of rotatable bonds is 3. The Morgan fingerprint density at radius 3 is 2.79 bits per heavy atom. The Bertz CT molecular complexity index is 326. The molecule has 0 saturated carbocycles. The van der Waals surface area contributed by atoms with Crippen LogP contribution in [0.1, 0.15) is 5.56 Å². The maximum Gasteiger partial charge on any atom is 0.238 e. The molecule has 0 atom stereocenters. The molecule has 0 aliphatic heterocycles. The number of nitrogens with one attached hydrogen (secondary N) is 1. The first-order chi connectivity index (χ1) is 6.58. The molecule has 1 aromatic rings. The van der Waals surface area contributed by atoms with Crippen molar-refractivity contribution in [1.29, 1.82) is 0 Å². The van der Waals surface area contributed by atoms with Gasteiger partial charge in [-0.3, -0.25) is 10.2 Å². The van der Waals surface area contributed by atoms with E-state index < -0.39 is 0 Å². The third kappa shape index (κ3) is 3.53. The van der Waals surface area contributed by atoms with Gasteiger partial charge < -0.3 is 0 Å². The summed E-state index contributed by atoms with van der Waals surface area (Å²) in [5.74, 6) is -0.472. The molecular weight excluding hydrogens is 183 g/mol. The smallest absolute Gasteiger partial charge is 0.238 e. The summed E-state index contributed by atoms with van der Waals surface area (Å²) < 4.78 is 12.7. The van der Waals surface area contributed by atoms with Crippen LogP contribution in [0.25, 0.3) is 0 Å². The van der Waals surface area contributed by atoms with Gasteiger partial charge in [0.15, 0.2) is 0 Å². The van der Waals surface area contributed by atoms with Crippen molar-refractivity contribution in [2.45, 2.75) is 6.42 Å². The molecule has 1 rings (SSSR count). The fraction of sp³-hybridized carbons (Fsp3) is 0.300. The van der Waals surface area contributed by atoms with Gasteiger partial charge in [-0.2, -0.15) is 0 Å². The second kappa shape index (κ2) is 4.72. The average molecular weight is 196 g/mol. The van der Waals surface area contributed by atoms with Gasteiger partial charge in [-0.05, 0) is 17.7 Å². The number of nitrogens with zero attached hydrogens (tertiary/aromatic N) is 1. The summed E-state index contributed by atoms with van der Waals surface area (Å²) >= 11 is 0. The zero-order chi connectivity index (χ0) is 10.6. The Morgan fingerprint density at radius 2 is 2.21 bits per heavy atom. The van der Waals surface area contributed by atoms with E-state index in [-0.39, 0.29) is 18.1 Å². The Hall–Kier alpha value is -1.42. The molecule has 0 spiro atoms. The molecule has 0 unspecified atom stereocenters. The van der Waals surface area contributed by atoms with Crippen LogP contribution in [0.4, 0.5) is 4.39 Å². The number of carbonyl (C=O) groups excluding carboxylic acids is 1. The lowest BCUT2D eigenvalue weighted by Gasteiger charge is -2.11. The van der Waals surface area contributed by atoms with Crippen LogP contribution in [0.5, 0.6) is 0 Å². The highest BCUT2D eigenvalue weighted by molar-refractivity contribution is 5.77. The molecule has 1 aromatic carbocycles. The van der Waals surface area contributed by atoms with Crippen LogP contribution in [-0.4, -0.2) is 25.0 Å². The second-order valence-electron chi connectivity index (χ2n) is 3.24. The molecule has 14 heavy (non-hydrogen) atoms. The summed E-state index contributed by atoms with van der Waals surface area (Å²) in [7, 11) is 3.45. The summed E-state index contributed by atoms with van der Waals surface area (Å²) in [5.41, 5.74) is 3.25. The fourth-order valence-electron chi connectivity index (χ4n) is 1.12. The van der Waals surface area contributed by atoms with Crippen molar-refractivity contribution < 1.29 is 9.18 Å². The number of hydrogen-bond donors (Lipinski definition) is 1. The van der Waals surface area contributed by atoms with E-state index in [0.29, 0.717) is 5.56 Å². The Morgan fingerprint density at radius 1 is 1.50 bits per heavy atom. The first-order valence-corrected chi connectivity index (χ1v) is 4.29. The Labute approximate surface area is 82.5 Å². The minimum Gasteiger partial charge on any atom is -0.289 e. The van der Waals surface area contributed by atoms with Crippen LogP contribution in [0.2, 0.25) is 0 Å². The topological polar surface area (TPSA) is 32.3 Å². The van der Waals surface area contributed by atoms with Crippen LogP contribution in [0.15, 0.2) is 24.3 Å². The third-order valence-corrected chi connectivity index (χ3v) is 1.60. The molecule has 0 saturated heterocycles. The molecule has 76 valence electrons. The predicted octanol–water partition coefficient (Wildman–Crippen LogP) is 0.961. The van der Waals surface area contributed by atoms with E-state index in [2.05, 4.69) is 5.43 Å². The lowest BCUT2D eigenvalue weighted by Crippen LogP contribution is -2.37. The first-order valence-electron chi connectivity index (χ1n) is 4.29. The highest BCUT2D eigenvalue weighted by Gasteiger charge is 2.04. The van der Waals surface area contributed by atoms with E-state index in [1.165, 1.54) is 12.1 Å². The van der Waals surface area contributed by atoms with Crippen molar-refractivity contribution in [3.05, 3.63) is 35.6 Å². The zero-order valence-electron chi connectivity index (χ0n) is 8.25. The van der Waals surface area contributed by atoms with Crippen molar-refractivity contribution in [3.63, 3.8) is 0 Å². The van der Waals surface area contributed by atoms with Crippen LogP contribution >= 0.6 is 0 Å². The molecule has 0 radical (unpaired) electrons. The van der Waals surface area contributed by atoms with Crippen molar-refractivity contribution in [2.24, 2.45) is 0 Å². The molecule has 0 aliphatic carbocycles. The van der Waals surface area contributed by atoms with E-state index in [1.54, 1.807) is 31.2 Å². The Kier molecular flexibility index (Phi) is 3.59. The molecule has 0 fully saturated rings. The van der Waals surface area contributed by atoms with E-state index in [9.17, 15) is 9.18 Å². The van der Waals surface area contributed by atoms with Crippen molar-refractivity contribution in [3.8, 4) is 0 Å². The lowest BCUT2D eigenvalue weighted by atomic mass is 10.1. The number of hydrazine groups is 1. The van der Waals surface area contributed by atoms with E-state index >= 15 is 0 Å². The number of hydrogen-bond acceptors (Lipinski definition) is 2. The largest absolute Gasteiger partial charge is 0.289 e. The fourth-order valence-corrected chi connectivity index (χ4v) is 1.12. The molecule has 3 nitrogen and oxygen atoms in total. The van der Waals surface area contributed by atoms with E-state index in [1.807, 2.05) is 0 Å². The predicted molar refractivity (Wildman–Crippen MR) is 51.9 cm³/mol. The van der Waals surface area contributed by atoms with Crippen molar-refractivity contribution in [1.82, 2.24) is 10.4 Å². The summed E-state index contributed by atoms with van der Waals surface area (Å²) in [6.45, 7) is 0. The van der Waals surface area contributed by atoms with Gasteiger partial charge in [-0.15, -0.1) is 0 Å². The van der Waals surface area contributed by atoms with Gasteiger partial charge in [0.05, 0.1) is 6.42 Å². The monoisotopic (exact) mass is 196 g/mol. The minimum atomic E-state index is -0.319. The van der Waals surface area contributed by atoms with Crippen LogP contribution in [0.3, 0.4) is 0 Å². The molecule has 1 N–H and O–H groups in total. The standard InChI is InChI=1S/C10H13FN2O/c1-13(2)12-10(14)7-8-4-3-5-9(11)6-8/h3-6H,7H2,1-2H3,(H,12,14). The summed E-state index contributed by atoms with van der Waals surface area (Å²) in [6.07, 6.45) is 0.190. The second-order valence-corrected chi connectivity index (χ2v) is 3.24. The van der Waals surface area contributed by atoms with Crippen molar-refractivity contribution >= 4 is 5.91 Å². The van der Waals surface area contributed by atoms with Gasteiger partial charge in [0.25, 0.3) is 0 Å². The number of halogens is 1. The van der Waals surface area contributed by atoms with Gasteiger partial charge in [0, 0.05) is 14.1 Å². The summed E-state index contributed by atoms with van der Waals surface area (Å²) in [5, 5.41) is 1.56. The van der Waals surface area contributed by atoms with E-state index in [0.717, 1.165) is 0 Å². The normalized spacial score (nSPS) is 10.3. The van der Waals surface area contributed by atoms with Crippen LogP contribution < -0.4 is 5.43 Å². The molecule has 0 heterocycles. The third-order valence-electron chi connectivity index (χ3n) is 1.60. The maximum atomic E-state index is 12.7. The quantitative estimate of drug-likeness (QED) is 0.730. The minimum absolute atomic E-state index is 0.152. The molecule has 4 heteroatoms. The van der Waals surface area contributed by atoms with E-state index in [4.69, 9.17) is 0 Å². The van der Waals surface area contributed by atoms with Crippen LogP contribution in [0, 0.1) is 5.82 Å². The summed E-state index contributed by atoms with van der Waals surface area (Å²) in [4.78, 5) is 11.3. The zero-order valence-corrected chi connectivity index (χ0v) is 8.25. The van der Waals surface area contributed by atoms with Gasteiger partial charge >= 0.3 is 0 Å². The van der Waals surface area contributed by atoms with Gasteiger partial charge in [0.1, 0.15) is 5.82 Å². The molecule has 1 amide bonds. The molecule has 0 aliphatic rings. The molecule has 0 bridgehead atoms. The highest BCUT2D eigenvalue weighted by atomic mass is 19.1. The van der Waals surface area contributed by atoms with Gasteiger partial charge in [-0.25, -0.2) is 9.40 Å². The van der Waals surface area contributed by atoms with Gasteiger partial charge in [0.2, 0.25) is 5.91 Å². The highest BCUT2D eigenvalue weighted by Crippen LogP contribution is 2.03. The molecule has 0 aromatic heterocycles. The average Bonchev–Trinajstić information content (AvgIpc) is 2.01. The van der Waals surface area contributed by atoms with Crippen molar-refractivity contribution in [2.75, 3.05) is 14.1 Å². The maximum absolute atomic E-state index is 12.7. The Balaban J connectivity index is 2.56. The van der Waals surface area contributed by atoms with Gasteiger partial charge in [-0.1, -0.05) is 12.1 Å². The summed E-state index contributed by atoms with van der Waals surface area (Å²) in [6, 6.07) is 6.02. The number of carbonyl (C=O) groups is 1. The number of benzene rings is 1. The first kappa shape index (κ1) is 10.7. The SMILES string of the molecule is CN(C)NC(=O)Cc1cccc(F)c1. The number of amides is 1.